The molecule has 0 aliphatic rings. The normalized spacial score (nSPS) is 11.8. The Labute approximate surface area is 181 Å². The first kappa shape index (κ1) is 20.7. The Morgan fingerprint density at radius 1 is 0.821 bits per heavy atom. The summed E-state index contributed by atoms with van der Waals surface area (Å²) in [6, 6.07) is 27.6. The lowest BCUT2D eigenvalue weighted by Gasteiger charge is -2.17. The quantitative estimate of drug-likeness (QED) is 0.250. The summed E-state index contributed by atoms with van der Waals surface area (Å²) in [5.41, 5.74) is 6.52. The van der Waals surface area contributed by atoms with Crippen LogP contribution < -0.4 is 4.74 Å². The largest absolute Gasteiger partial charge is 0.492 e. The first-order valence-electron chi connectivity index (χ1n) is 9.52. The van der Waals surface area contributed by atoms with E-state index in [2.05, 4.69) is 89.6 Å². The van der Waals surface area contributed by atoms with Gasteiger partial charge in [-0.3, -0.25) is 0 Å². The molecule has 144 valence electrons. The Balaban J connectivity index is 2.03. The van der Waals surface area contributed by atoms with E-state index in [9.17, 15) is 0 Å². The van der Waals surface area contributed by atoms with Crippen molar-refractivity contribution >= 4 is 38.7 Å². The van der Waals surface area contributed by atoms with Gasteiger partial charge in [0.25, 0.3) is 0 Å². The van der Waals surface area contributed by atoms with Gasteiger partial charge in [0.1, 0.15) is 12.4 Å². The lowest BCUT2D eigenvalue weighted by atomic mass is 9.89. The molecule has 0 saturated heterocycles. The van der Waals surface area contributed by atoms with Crippen LogP contribution in [0.15, 0.2) is 83.3 Å². The van der Waals surface area contributed by atoms with Gasteiger partial charge in [-0.25, -0.2) is 0 Å². The van der Waals surface area contributed by atoms with Gasteiger partial charge in [0.05, 0.1) is 5.88 Å². The molecule has 0 aliphatic heterocycles. The lowest BCUT2D eigenvalue weighted by Crippen LogP contribution is -1.99. The van der Waals surface area contributed by atoms with Crippen LogP contribution in [-0.4, -0.2) is 12.5 Å². The second-order valence-electron chi connectivity index (χ2n) is 6.54. The number of ether oxygens (including phenoxy) is 1. The first-order valence-corrected chi connectivity index (χ1v) is 10.8. The van der Waals surface area contributed by atoms with Gasteiger partial charge < -0.3 is 4.74 Å². The molecule has 0 amide bonds. The molecular weight excluding hydrogens is 432 g/mol. The van der Waals surface area contributed by atoms with Crippen molar-refractivity contribution in [3.05, 3.63) is 100 Å². The van der Waals surface area contributed by atoms with E-state index in [1.165, 1.54) is 27.8 Å². The molecule has 0 fully saturated rings. The predicted molar refractivity (Wildman–Crippen MR) is 124 cm³/mol. The van der Waals surface area contributed by atoms with Gasteiger partial charge in [0.15, 0.2) is 0 Å². The number of halogens is 2. The van der Waals surface area contributed by atoms with Crippen molar-refractivity contribution in [1.82, 2.24) is 0 Å². The van der Waals surface area contributed by atoms with Crippen molar-refractivity contribution in [3.8, 4) is 5.75 Å². The fraction of sp³-hybridized carbons (Fsp3) is 0.200. The predicted octanol–water partition coefficient (Wildman–Crippen LogP) is 7.63. The summed E-state index contributed by atoms with van der Waals surface area (Å²) < 4.78 is 6.74. The highest BCUT2D eigenvalue weighted by Crippen LogP contribution is 2.33. The monoisotopic (exact) mass is 454 g/mol. The fourth-order valence-electron chi connectivity index (χ4n) is 3.33. The second kappa shape index (κ2) is 10.5. The second-order valence-corrected chi connectivity index (χ2v) is 7.84. The molecule has 0 bridgehead atoms. The van der Waals surface area contributed by atoms with Gasteiger partial charge >= 0.3 is 0 Å². The average molecular weight is 456 g/mol. The molecule has 28 heavy (non-hydrogen) atoms. The molecule has 1 nitrogen and oxygen atoms in total. The maximum absolute atomic E-state index is 5.73. The topological polar surface area (TPSA) is 9.23 Å². The Hall–Kier alpha value is -2.03. The highest BCUT2D eigenvalue weighted by Gasteiger charge is 2.12. The fourth-order valence-corrected chi connectivity index (χ4v) is 3.67. The first-order chi connectivity index (χ1) is 13.7. The molecule has 3 rings (SSSR count). The Bertz CT molecular complexity index is 900. The van der Waals surface area contributed by atoms with Gasteiger partial charge in [-0.15, -0.1) is 11.6 Å². The Morgan fingerprint density at radius 3 is 2.07 bits per heavy atom. The molecule has 3 aromatic rings. The number of alkyl halides is 1. The van der Waals surface area contributed by atoms with Gasteiger partial charge in [0, 0.05) is 4.47 Å². The molecule has 3 aromatic carbocycles. The maximum Gasteiger partial charge on any atom is 0.119 e. The molecule has 0 aliphatic carbocycles. The summed E-state index contributed by atoms with van der Waals surface area (Å²) in [5.74, 6) is 1.34. The number of hydrogen-bond donors (Lipinski definition) is 0. The highest BCUT2D eigenvalue weighted by molar-refractivity contribution is 9.10. The molecule has 0 spiro atoms. The Morgan fingerprint density at radius 2 is 1.46 bits per heavy atom. The molecule has 0 atom stereocenters. The van der Waals surface area contributed by atoms with Crippen molar-refractivity contribution in [3.63, 3.8) is 0 Å². The Kier molecular flexibility index (Phi) is 7.76. The van der Waals surface area contributed by atoms with Crippen LogP contribution in [0.4, 0.5) is 0 Å². The van der Waals surface area contributed by atoms with E-state index in [1.54, 1.807) is 0 Å². The summed E-state index contributed by atoms with van der Waals surface area (Å²) in [6.07, 6.45) is 1.85. The molecule has 0 heterocycles. The van der Waals surface area contributed by atoms with Gasteiger partial charge in [-0.1, -0.05) is 77.5 Å². The van der Waals surface area contributed by atoms with Crippen molar-refractivity contribution in [2.45, 2.75) is 19.8 Å². The van der Waals surface area contributed by atoms with Crippen LogP contribution in [0.2, 0.25) is 0 Å². The molecule has 0 unspecified atom stereocenters. The zero-order chi connectivity index (χ0) is 19.8. The highest BCUT2D eigenvalue weighted by atomic mass is 79.9. The number of allylic oxidation sites excluding steroid dienone is 2. The maximum atomic E-state index is 5.73. The van der Waals surface area contributed by atoms with Crippen LogP contribution in [0.3, 0.4) is 0 Å². The molecule has 3 heteroatoms. The van der Waals surface area contributed by atoms with Gasteiger partial charge in [-0.2, -0.15) is 0 Å². The smallest absolute Gasteiger partial charge is 0.119 e. The summed E-state index contributed by atoms with van der Waals surface area (Å²) in [7, 11) is 0. The molecule has 0 aromatic heterocycles. The number of hydrogen-bond acceptors (Lipinski definition) is 1. The van der Waals surface area contributed by atoms with E-state index < -0.39 is 0 Å². The SMILES string of the molecule is CC/C(=C(\Cc1ccc(Br)cc1)c1ccc(OCCCl)cc1)c1ccccc1. The van der Waals surface area contributed by atoms with Crippen molar-refractivity contribution in [1.29, 1.82) is 0 Å². The zero-order valence-electron chi connectivity index (χ0n) is 16.0. The summed E-state index contributed by atoms with van der Waals surface area (Å²) in [4.78, 5) is 0. The van der Waals surface area contributed by atoms with E-state index in [0.717, 1.165) is 23.1 Å². The minimum Gasteiger partial charge on any atom is -0.492 e. The van der Waals surface area contributed by atoms with Crippen molar-refractivity contribution < 1.29 is 4.74 Å². The van der Waals surface area contributed by atoms with E-state index in [0.29, 0.717) is 12.5 Å². The van der Waals surface area contributed by atoms with E-state index >= 15 is 0 Å². The number of rotatable bonds is 8. The van der Waals surface area contributed by atoms with E-state index in [1.807, 2.05) is 12.1 Å². The molecule has 0 saturated carbocycles. The van der Waals surface area contributed by atoms with Crippen molar-refractivity contribution in [2.24, 2.45) is 0 Å². The summed E-state index contributed by atoms with van der Waals surface area (Å²) in [5, 5.41) is 0. The molecular formula is C25H24BrClO. The van der Waals surface area contributed by atoms with Crippen LogP contribution in [0.5, 0.6) is 5.75 Å². The zero-order valence-corrected chi connectivity index (χ0v) is 18.3. The molecule has 0 radical (unpaired) electrons. The van der Waals surface area contributed by atoms with E-state index in [4.69, 9.17) is 16.3 Å². The standard InChI is InChI=1S/C25H24BrClO/c1-2-24(20-6-4-3-5-7-20)25(18-19-8-12-22(26)13-9-19)21-10-14-23(15-11-21)28-17-16-27/h3-15H,2,16-18H2,1H3/b25-24-. The summed E-state index contributed by atoms with van der Waals surface area (Å²) >= 11 is 9.26. The average Bonchev–Trinajstić information content (AvgIpc) is 2.75. The van der Waals surface area contributed by atoms with Crippen molar-refractivity contribution in [2.75, 3.05) is 12.5 Å². The van der Waals surface area contributed by atoms with Crippen LogP contribution >= 0.6 is 27.5 Å². The van der Waals surface area contributed by atoms with Crippen LogP contribution in [-0.2, 0) is 6.42 Å². The third-order valence-corrected chi connectivity index (χ3v) is 5.37. The molecule has 0 N–H and O–H groups in total. The van der Waals surface area contributed by atoms with Gasteiger partial charge in [0.2, 0.25) is 0 Å². The van der Waals surface area contributed by atoms with Gasteiger partial charge in [-0.05, 0) is 64.9 Å². The minimum atomic E-state index is 0.491. The number of benzene rings is 3. The summed E-state index contributed by atoms with van der Waals surface area (Å²) in [6.45, 7) is 2.74. The van der Waals surface area contributed by atoms with E-state index in [-0.39, 0.29) is 0 Å². The van der Waals surface area contributed by atoms with Crippen LogP contribution in [0, 0.1) is 0 Å². The third kappa shape index (κ3) is 5.50. The lowest BCUT2D eigenvalue weighted by molar-refractivity contribution is 0.343. The van der Waals surface area contributed by atoms with Crippen LogP contribution in [0.1, 0.15) is 30.0 Å². The minimum absolute atomic E-state index is 0.491. The van der Waals surface area contributed by atoms with Crippen LogP contribution in [0.25, 0.3) is 11.1 Å². The third-order valence-electron chi connectivity index (χ3n) is 4.68.